The normalized spacial score (nSPS) is 42.0. The second-order valence-corrected chi connectivity index (χ2v) is 5.04. The molecule has 1 aliphatic carbocycles. The Balaban J connectivity index is 2.58. The molecule has 0 aliphatic heterocycles. The van der Waals surface area contributed by atoms with Crippen molar-refractivity contribution in [3.05, 3.63) is 0 Å². The average Bonchev–Trinajstić information content (AvgIpc) is 2.29. The fourth-order valence-electron chi connectivity index (χ4n) is 3.06. The van der Waals surface area contributed by atoms with Crippen molar-refractivity contribution in [2.24, 2.45) is 17.3 Å². The van der Waals surface area contributed by atoms with Gasteiger partial charge in [-0.05, 0) is 30.1 Å². The van der Waals surface area contributed by atoms with Crippen LogP contribution in [0.5, 0.6) is 0 Å². The molecule has 0 radical (unpaired) electrons. The zero-order chi connectivity index (χ0) is 9.19. The summed E-state index contributed by atoms with van der Waals surface area (Å²) in [5.41, 5.74) is 0.676. The topological polar surface area (TPSA) is 0 Å². The number of hydrogen-bond donors (Lipinski definition) is 0. The largest absolute Gasteiger partial charge is 0.0654 e. The van der Waals surface area contributed by atoms with E-state index in [1.165, 1.54) is 32.1 Å². The maximum atomic E-state index is 2.50. The smallest absolute Gasteiger partial charge is 0.0298 e. The highest BCUT2D eigenvalue weighted by Crippen LogP contribution is 2.50. The Morgan fingerprint density at radius 1 is 1.33 bits per heavy atom. The van der Waals surface area contributed by atoms with Crippen molar-refractivity contribution in [2.45, 2.75) is 59.8 Å². The summed E-state index contributed by atoms with van der Waals surface area (Å²) in [4.78, 5) is 0. The lowest BCUT2D eigenvalue weighted by molar-refractivity contribution is 0.205. The summed E-state index contributed by atoms with van der Waals surface area (Å²) in [6.07, 6.45) is 7.15. The van der Waals surface area contributed by atoms with Crippen LogP contribution in [0.25, 0.3) is 0 Å². The van der Waals surface area contributed by atoms with Gasteiger partial charge in [-0.15, -0.1) is 0 Å². The lowest BCUT2D eigenvalue weighted by Gasteiger charge is -2.30. The Morgan fingerprint density at radius 3 is 2.50 bits per heavy atom. The molecule has 0 aromatic carbocycles. The zero-order valence-corrected chi connectivity index (χ0v) is 9.19. The van der Waals surface area contributed by atoms with Crippen molar-refractivity contribution < 1.29 is 0 Å². The van der Waals surface area contributed by atoms with Crippen molar-refractivity contribution >= 4 is 0 Å². The quantitative estimate of drug-likeness (QED) is 0.591. The van der Waals surface area contributed by atoms with Crippen LogP contribution in [0.4, 0.5) is 0 Å². The van der Waals surface area contributed by atoms with Crippen LogP contribution >= 0.6 is 0 Å². The first-order chi connectivity index (χ1) is 5.62. The molecule has 0 aromatic rings. The van der Waals surface area contributed by atoms with E-state index < -0.39 is 0 Å². The highest BCUT2D eigenvalue weighted by Gasteiger charge is 2.39. The Kier molecular flexibility index (Phi) is 3.20. The van der Waals surface area contributed by atoms with E-state index in [0.29, 0.717) is 5.41 Å². The highest BCUT2D eigenvalue weighted by atomic mass is 14.4. The monoisotopic (exact) mass is 168 g/mol. The molecule has 3 unspecified atom stereocenters. The molecule has 3 atom stereocenters. The lowest BCUT2D eigenvalue weighted by Crippen LogP contribution is -2.20. The van der Waals surface area contributed by atoms with Gasteiger partial charge in [0.2, 0.25) is 0 Å². The molecule has 0 aromatic heterocycles. The predicted molar refractivity (Wildman–Crippen MR) is 55.2 cm³/mol. The minimum absolute atomic E-state index is 0.676. The van der Waals surface area contributed by atoms with Crippen LogP contribution in [0.15, 0.2) is 0 Å². The van der Waals surface area contributed by atoms with E-state index >= 15 is 0 Å². The zero-order valence-electron chi connectivity index (χ0n) is 9.19. The molecule has 1 fully saturated rings. The van der Waals surface area contributed by atoms with Crippen molar-refractivity contribution in [2.75, 3.05) is 0 Å². The van der Waals surface area contributed by atoms with E-state index in [4.69, 9.17) is 0 Å². The van der Waals surface area contributed by atoms with Crippen LogP contribution in [-0.4, -0.2) is 0 Å². The summed E-state index contributed by atoms with van der Waals surface area (Å²) < 4.78 is 0. The summed E-state index contributed by atoms with van der Waals surface area (Å²) in [7, 11) is 0. The Morgan fingerprint density at radius 2 is 2.00 bits per heavy atom. The minimum atomic E-state index is 0.676. The fourth-order valence-corrected chi connectivity index (χ4v) is 3.06. The van der Waals surface area contributed by atoms with Crippen LogP contribution < -0.4 is 0 Å². The van der Waals surface area contributed by atoms with Crippen molar-refractivity contribution in [1.29, 1.82) is 0 Å². The summed E-state index contributed by atoms with van der Waals surface area (Å²) in [6.45, 7) is 9.60. The highest BCUT2D eigenvalue weighted by molar-refractivity contribution is 4.90. The lowest BCUT2D eigenvalue weighted by atomic mass is 9.75. The van der Waals surface area contributed by atoms with Gasteiger partial charge in [0.25, 0.3) is 0 Å². The molecular formula is C12H24. The fraction of sp³-hybridized carbons (Fsp3) is 1.00. The molecule has 72 valence electrons. The van der Waals surface area contributed by atoms with Crippen molar-refractivity contribution in [3.8, 4) is 0 Å². The SMILES string of the molecule is CCCC1CC(C)CC1(C)CC. The van der Waals surface area contributed by atoms with E-state index in [-0.39, 0.29) is 0 Å². The molecule has 1 saturated carbocycles. The van der Waals surface area contributed by atoms with E-state index in [1.54, 1.807) is 0 Å². The number of rotatable bonds is 3. The maximum Gasteiger partial charge on any atom is -0.0298 e. The van der Waals surface area contributed by atoms with Gasteiger partial charge in [-0.1, -0.05) is 47.0 Å². The first kappa shape index (κ1) is 10.1. The van der Waals surface area contributed by atoms with Gasteiger partial charge < -0.3 is 0 Å². The molecule has 0 nitrogen and oxygen atoms in total. The minimum Gasteiger partial charge on any atom is -0.0654 e. The van der Waals surface area contributed by atoms with Gasteiger partial charge in [0, 0.05) is 0 Å². The van der Waals surface area contributed by atoms with Gasteiger partial charge in [-0.25, -0.2) is 0 Å². The molecule has 0 heteroatoms. The average molecular weight is 168 g/mol. The third kappa shape index (κ3) is 1.84. The third-order valence-electron chi connectivity index (χ3n) is 3.93. The first-order valence-corrected chi connectivity index (χ1v) is 5.62. The van der Waals surface area contributed by atoms with Crippen molar-refractivity contribution in [1.82, 2.24) is 0 Å². The molecule has 1 aliphatic rings. The molecule has 0 spiro atoms. The van der Waals surface area contributed by atoms with Crippen molar-refractivity contribution in [3.63, 3.8) is 0 Å². The van der Waals surface area contributed by atoms with Crippen LogP contribution in [0.3, 0.4) is 0 Å². The predicted octanol–water partition coefficient (Wildman–Crippen LogP) is 4.25. The van der Waals surface area contributed by atoms with Gasteiger partial charge in [0.1, 0.15) is 0 Å². The van der Waals surface area contributed by atoms with Crippen LogP contribution in [-0.2, 0) is 0 Å². The van der Waals surface area contributed by atoms with E-state index in [2.05, 4.69) is 27.7 Å². The Labute approximate surface area is 77.7 Å². The summed E-state index contributed by atoms with van der Waals surface area (Å²) >= 11 is 0. The molecule has 1 rings (SSSR count). The summed E-state index contributed by atoms with van der Waals surface area (Å²) in [6, 6.07) is 0. The molecule has 0 N–H and O–H groups in total. The second kappa shape index (κ2) is 3.81. The first-order valence-electron chi connectivity index (χ1n) is 5.62. The van der Waals surface area contributed by atoms with Gasteiger partial charge in [0.05, 0.1) is 0 Å². The molecule has 12 heavy (non-hydrogen) atoms. The Hall–Kier alpha value is 0. The molecule has 0 amide bonds. The molecule has 0 bridgehead atoms. The van der Waals surface area contributed by atoms with E-state index in [0.717, 1.165) is 11.8 Å². The molecular weight excluding hydrogens is 144 g/mol. The van der Waals surface area contributed by atoms with E-state index in [1.807, 2.05) is 0 Å². The molecule has 0 saturated heterocycles. The van der Waals surface area contributed by atoms with Gasteiger partial charge in [-0.2, -0.15) is 0 Å². The summed E-state index contributed by atoms with van der Waals surface area (Å²) in [5, 5.41) is 0. The third-order valence-corrected chi connectivity index (χ3v) is 3.93. The van der Waals surface area contributed by atoms with Gasteiger partial charge in [0.15, 0.2) is 0 Å². The van der Waals surface area contributed by atoms with Crippen LogP contribution in [0.1, 0.15) is 59.8 Å². The second-order valence-electron chi connectivity index (χ2n) is 5.04. The number of hydrogen-bond acceptors (Lipinski definition) is 0. The Bertz CT molecular complexity index is 139. The van der Waals surface area contributed by atoms with Gasteiger partial charge >= 0.3 is 0 Å². The van der Waals surface area contributed by atoms with E-state index in [9.17, 15) is 0 Å². The van der Waals surface area contributed by atoms with Gasteiger partial charge in [-0.3, -0.25) is 0 Å². The molecule has 0 heterocycles. The standard InChI is InChI=1S/C12H24/c1-5-7-11-8-10(3)9-12(11,4)6-2/h10-11H,5-9H2,1-4H3. The van der Waals surface area contributed by atoms with Crippen LogP contribution in [0.2, 0.25) is 0 Å². The maximum absolute atomic E-state index is 2.50. The van der Waals surface area contributed by atoms with Crippen LogP contribution in [0, 0.1) is 17.3 Å². The summed E-state index contributed by atoms with van der Waals surface area (Å²) in [5.74, 6) is 1.99.